The van der Waals surface area contributed by atoms with Gasteiger partial charge in [0.2, 0.25) is 21.8 Å². The zero-order chi connectivity index (χ0) is 23.2. The molecular formula is C26H30N2O4S. The molecule has 2 aromatic rings. The highest BCUT2D eigenvalue weighted by atomic mass is 32.2. The number of carbonyl (C=O) groups is 2. The van der Waals surface area contributed by atoms with Gasteiger partial charge < -0.3 is 0 Å². The maximum absolute atomic E-state index is 13.4. The van der Waals surface area contributed by atoms with E-state index in [1.54, 1.807) is 19.1 Å². The van der Waals surface area contributed by atoms with Gasteiger partial charge in [-0.1, -0.05) is 49.2 Å². The highest BCUT2D eigenvalue weighted by Crippen LogP contribution is 2.39. The number of sulfonamides is 1. The molecule has 3 atom stereocenters. The Morgan fingerprint density at radius 2 is 1.64 bits per heavy atom. The SMILES string of the molecule is Cc1ccc(CN2C(=O)[C@H]3CCCC[C@H]3C2=O)cc1S(=O)(=O)N[C@@H]1CCCc2ccccc21. The number of amides is 2. The van der Waals surface area contributed by atoms with Crippen LogP contribution in [0.4, 0.5) is 0 Å². The zero-order valence-corrected chi connectivity index (χ0v) is 19.7. The van der Waals surface area contributed by atoms with Gasteiger partial charge >= 0.3 is 0 Å². The highest BCUT2D eigenvalue weighted by Gasteiger charge is 2.47. The number of rotatable bonds is 5. The predicted octanol–water partition coefficient (Wildman–Crippen LogP) is 4.03. The lowest BCUT2D eigenvalue weighted by atomic mass is 9.81. The second kappa shape index (κ2) is 8.69. The molecule has 2 aromatic carbocycles. The Hall–Kier alpha value is -2.51. The van der Waals surface area contributed by atoms with E-state index in [9.17, 15) is 18.0 Å². The first-order chi connectivity index (χ1) is 15.8. The average molecular weight is 467 g/mol. The molecule has 3 aliphatic rings. The Morgan fingerprint density at radius 1 is 0.939 bits per heavy atom. The summed E-state index contributed by atoms with van der Waals surface area (Å²) in [7, 11) is -3.78. The molecule has 1 saturated heterocycles. The number of hydrogen-bond acceptors (Lipinski definition) is 4. The Morgan fingerprint density at radius 3 is 2.36 bits per heavy atom. The third kappa shape index (κ3) is 4.13. The monoisotopic (exact) mass is 466 g/mol. The summed E-state index contributed by atoms with van der Waals surface area (Å²) in [5.41, 5.74) is 3.53. The van der Waals surface area contributed by atoms with Crippen molar-refractivity contribution >= 4 is 21.8 Å². The van der Waals surface area contributed by atoms with E-state index in [0.29, 0.717) is 11.1 Å². The van der Waals surface area contributed by atoms with E-state index in [1.807, 2.05) is 24.3 Å². The van der Waals surface area contributed by atoms with Crippen molar-refractivity contribution in [1.82, 2.24) is 9.62 Å². The molecule has 2 aliphatic carbocycles. The van der Waals surface area contributed by atoms with Crippen LogP contribution in [-0.2, 0) is 32.6 Å². The molecule has 33 heavy (non-hydrogen) atoms. The van der Waals surface area contributed by atoms with Crippen LogP contribution in [0.1, 0.15) is 66.8 Å². The van der Waals surface area contributed by atoms with Gasteiger partial charge in [0.25, 0.3) is 0 Å². The minimum absolute atomic E-state index is 0.105. The lowest BCUT2D eigenvalue weighted by molar-refractivity contribution is -0.140. The molecule has 0 spiro atoms. The molecule has 2 amide bonds. The van der Waals surface area contributed by atoms with Crippen LogP contribution in [0, 0.1) is 18.8 Å². The quantitative estimate of drug-likeness (QED) is 0.675. The number of hydrogen-bond donors (Lipinski definition) is 1. The van der Waals surface area contributed by atoms with E-state index in [-0.39, 0.29) is 41.1 Å². The molecule has 1 heterocycles. The first-order valence-electron chi connectivity index (χ1n) is 11.9. The summed E-state index contributed by atoms with van der Waals surface area (Å²) in [5.74, 6) is -0.612. The first kappa shape index (κ1) is 22.3. The summed E-state index contributed by atoms with van der Waals surface area (Å²) in [5, 5.41) is 0. The predicted molar refractivity (Wildman–Crippen MR) is 125 cm³/mol. The Labute approximate surface area is 195 Å². The van der Waals surface area contributed by atoms with Gasteiger partial charge in [-0.2, -0.15) is 0 Å². The Kier molecular flexibility index (Phi) is 5.87. The number of aryl methyl sites for hydroxylation is 2. The van der Waals surface area contributed by atoms with Gasteiger partial charge in [-0.3, -0.25) is 14.5 Å². The molecule has 2 fully saturated rings. The molecule has 5 rings (SSSR count). The van der Waals surface area contributed by atoms with Crippen LogP contribution in [0.15, 0.2) is 47.4 Å². The van der Waals surface area contributed by atoms with Gasteiger partial charge in [-0.05, 0) is 67.3 Å². The molecule has 0 radical (unpaired) electrons. The van der Waals surface area contributed by atoms with Crippen LogP contribution < -0.4 is 4.72 Å². The Bertz CT molecular complexity index is 1180. The van der Waals surface area contributed by atoms with E-state index in [0.717, 1.165) is 50.5 Å². The molecule has 0 aromatic heterocycles. The van der Waals surface area contributed by atoms with Crippen molar-refractivity contribution in [1.29, 1.82) is 0 Å². The van der Waals surface area contributed by atoms with E-state index in [2.05, 4.69) is 10.8 Å². The van der Waals surface area contributed by atoms with Crippen LogP contribution >= 0.6 is 0 Å². The van der Waals surface area contributed by atoms with Gasteiger partial charge in [0.1, 0.15) is 0 Å². The van der Waals surface area contributed by atoms with Crippen molar-refractivity contribution in [3.05, 3.63) is 64.7 Å². The van der Waals surface area contributed by atoms with Crippen LogP contribution in [0.5, 0.6) is 0 Å². The third-order valence-electron chi connectivity index (χ3n) is 7.48. The fourth-order valence-corrected chi connectivity index (χ4v) is 7.27. The molecule has 1 N–H and O–H groups in total. The summed E-state index contributed by atoms with van der Waals surface area (Å²) in [4.78, 5) is 27.3. The lowest BCUT2D eigenvalue weighted by Gasteiger charge is -2.26. The maximum Gasteiger partial charge on any atom is 0.241 e. The van der Waals surface area contributed by atoms with Crippen LogP contribution in [-0.4, -0.2) is 25.1 Å². The van der Waals surface area contributed by atoms with Crippen LogP contribution in [0.3, 0.4) is 0 Å². The summed E-state index contributed by atoms with van der Waals surface area (Å²) in [6.45, 7) is 1.90. The third-order valence-corrected chi connectivity index (χ3v) is 9.10. The van der Waals surface area contributed by atoms with Crippen molar-refractivity contribution in [3.63, 3.8) is 0 Å². The largest absolute Gasteiger partial charge is 0.278 e. The fraction of sp³-hybridized carbons (Fsp3) is 0.462. The average Bonchev–Trinajstić information content (AvgIpc) is 3.05. The van der Waals surface area contributed by atoms with E-state index < -0.39 is 10.0 Å². The smallest absolute Gasteiger partial charge is 0.241 e. The summed E-state index contributed by atoms with van der Waals surface area (Å²) < 4.78 is 29.7. The number of imide groups is 1. The standard InChI is InChI=1S/C26H30N2O4S/c1-17-13-14-18(16-28-25(29)21-10-4-5-11-22(21)26(28)30)15-24(17)33(31,32)27-23-12-6-8-19-7-2-3-9-20(19)23/h2-3,7,9,13-15,21-23,27H,4-6,8,10-12,16H2,1H3/t21-,22+,23-/m1/s1. The van der Waals surface area contributed by atoms with Gasteiger partial charge in [-0.25, -0.2) is 13.1 Å². The zero-order valence-electron chi connectivity index (χ0n) is 18.9. The van der Waals surface area contributed by atoms with Gasteiger partial charge in [-0.15, -0.1) is 0 Å². The van der Waals surface area contributed by atoms with E-state index in [1.165, 1.54) is 10.5 Å². The number of nitrogens with zero attached hydrogens (tertiary/aromatic N) is 1. The molecule has 0 bridgehead atoms. The summed E-state index contributed by atoms with van der Waals surface area (Å²) >= 11 is 0. The van der Waals surface area contributed by atoms with Crippen molar-refractivity contribution in [2.75, 3.05) is 0 Å². The molecule has 1 saturated carbocycles. The van der Waals surface area contributed by atoms with Gasteiger partial charge in [0.15, 0.2) is 0 Å². The number of carbonyl (C=O) groups excluding carboxylic acids is 2. The second-order valence-electron chi connectivity index (χ2n) is 9.62. The maximum atomic E-state index is 13.4. The molecular weight excluding hydrogens is 436 g/mol. The minimum atomic E-state index is -3.78. The minimum Gasteiger partial charge on any atom is -0.278 e. The topological polar surface area (TPSA) is 83.6 Å². The lowest BCUT2D eigenvalue weighted by Crippen LogP contribution is -2.32. The van der Waals surface area contributed by atoms with Crippen molar-refractivity contribution in [3.8, 4) is 0 Å². The summed E-state index contributed by atoms with van der Waals surface area (Å²) in [6, 6.07) is 12.9. The van der Waals surface area contributed by atoms with Crippen molar-refractivity contribution in [2.24, 2.45) is 11.8 Å². The van der Waals surface area contributed by atoms with Gasteiger partial charge in [0.05, 0.1) is 23.3 Å². The number of nitrogens with one attached hydrogen (secondary N) is 1. The second-order valence-corrected chi connectivity index (χ2v) is 11.3. The number of likely N-dealkylation sites (tertiary alicyclic amines) is 1. The molecule has 1 aliphatic heterocycles. The Balaban J connectivity index is 1.39. The van der Waals surface area contributed by atoms with E-state index in [4.69, 9.17) is 0 Å². The summed E-state index contributed by atoms with van der Waals surface area (Å²) in [6.07, 6.45) is 6.16. The molecule has 7 heteroatoms. The molecule has 6 nitrogen and oxygen atoms in total. The molecule has 174 valence electrons. The highest BCUT2D eigenvalue weighted by molar-refractivity contribution is 7.89. The fourth-order valence-electron chi connectivity index (χ4n) is 5.73. The van der Waals surface area contributed by atoms with Crippen LogP contribution in [0.2, 0.25) is 0 Å². The van der Waals surface area contributed by atoms with E-state index >= 15 is 0 Å². The van der Waals surface area contributed by atoms with Crippen LogP contribution in [0.25, 0.3) is 0 Å². The number of fused-ring (bicyclic) bond motifs is 2. The first-order valence-corrected chi connectivity index (χ1v) is 13.4. The van der Waals surface area contributed by atoms with Gasteiger partial charge in [0, 0.05) is 6.04 Å². The van der Waals surface area contributed by atoms with Crippen molar-refractivity contribution < 1.29 is 18.0 Å². The normalized spacial score (nSPS) is 25.1. The number of benzene rings is 2. The van der Waals surface area contributed by atoms with Crippen molar-refractivity contribution in [2.45, 2.75) is 69.4 Å². The molecule has 0 unspecified atom stereocenters.